The predicted molar refractivity (Wildman–Crippen MR) is 77.0 cm³/mol. The number of anilines is 1. The van der Waals surface area contributed by atoms with Crippen molar-refractivity contribution >= 4 is 5.69 Å². The highest BCUT2D eigenvalue weighted by Gasteiger charge is 2.23. The van der Waals surface area contributed by atoms with E-state index in [1.54, 1.807) is 12.3 Å². The van der Waals surface area contributed by atoms with E-state index in [1.807, 2.05) is 20.8 Å². The van der Waals surface area contributed by atoms with Crippen LogP contribution in [-0.4, -0.2) is 47.3 Å². The van der Waals surface area contributed by atoms with Gasteiger partial charge in [-0.05, 0) is 5.41 Å². The molecule has 1 aromatic heterocycles. The fourth-order valence-corrected chi connectivity index (χ4v) is 1.99. The molecule has 1 unspecified atom stereocenters. The minimum absolute atomic E-state index is 0.183. The predicted octanol–water partition coefficient (Wildman–Crippen LogP) is 0.487. The first-order chi connectivity index (χ1) is 9.38. The lowest BCUT2D eigenvalue weighted by Gasteiger charge is -2.29. The summed E-state index contributed by atoms with van der Waals surface area (Å²) in [5.41, 5.74) is 0.362. The largest absolute Gasteiger partial charge is 0.391 e. The smallest absolute Gasteiger partial charge is 0.268 e. The van der Waals surface area contributed by atoms with Gasteiger partial charge in [0.2, 0.25) is 0 Å². The summed E-state index contributed by atoms with van der Waals surface area (Å²) in [5, 5.41) is 14.2. The summed E-state index contributed by atoms with van der Waals surface area (Å²) < 4.78 is 6.61. The first-order valence-electron chi connectivity index (χ1n) is 6.96. The van der Waals surface area contributed by atoms with Crippen molar-refractivity contribution in [3.8, 4) is 0 Å². The van der Waals surface area contributed by atoms with Crippen molar-refractivity contribution < 1.29 is 9.84 Å². The van der Waals surface area contributed by atoms with Crippen molar-refractivity contribution in [1.29, 1.82) is 0 Å². The number of nitrogens with zero attached hydrogens (tertiary/aromatic N) is 3. The molecule has 6 heteroatoms. The minimum Gasteiger partial charge on any atom is -0.391 e. The van der Waals surface area contributed by atoms with Crippen LogP contribution in [0.25, 0.3) is 0 Å². The molecule has 1 saturated heterocycles. The van der Waals surface area contributed by atoms with E-state index in [9.17, 15) is 9.90 Å². The first-order valence-corrected chi connectivity index (χ1v) is 6.96. The number of aromatic nitrogens is 2. The van der Waals surface area contributed by atoms with Gasteiger partial charge in [-0.3, -0.25) is 4.79 Å². The molecule has 0 aromatic carbocycles. The number of morpholine rings is 1. The molecule has 1 aliphatic heterocycles. The zero-order valence-corrected chi connectivity index (χ0v) is 12.4. The van der Waals surface area contributed by atoms with Gasteiger partial charge in [0.15, 0.2) is 0 Å². The van der Waals surface area contributed by atoms with Crippen molar-refractivity contribution in [2.45, 2.75) is 33.4 Å². The van der Waals surface area contributed by atoms with Gasteiger partial charge in [0.05, 0.1) is 37.7 Å². The van der Waals surface area contributed by atoms with E-state index in [4.69, 9.17) is 4.74 Å². The molecule has 0 bridgehead atoms. The zero-order chi connectivity index (χ0) is 14.8. The highest BCUT2D eigenvalue weighted by Crippen LogP contribution is 2.20. The van der Waals surface area contributed by atoms with Crippen LogP contribution >= 0.6 is 0 Å². The number of aliphatic hydroxyl groups is 1. The van der Waals surface area contributed by atoms with Gasteiger partial charge < -0.3 is 14.7 Å². The van der Waals surface area contributed by atoms with Gasteiger partial charge in [0.1, 0.15) is 0 Å². The molecule has 1 aromatic rings. The molecule has 6 nitrogen and oxygen atoms in total. The van der Waals surface area contributed by atoms with Gasteiger partial charge in [-0.15, -0.1) is 0 Å². The van der Waals surface area contributed by atoms with Crippen LogP contribution in [0.1, 0.15) is 20.8 Å². The number of rotatable bonds is 3. The van der Waals surface area contributed by atoms with Crippen LogP contribution in [0.5, 0.6) is 0 Å². The third-order valence-corrected chi connectivity index (χ3v) is 3.58. The lowest BCUT2D eigenvalue weighted by atomic mass is 9.89. The van der Waals surface area contributed by atoms with E-state index in [0.717, 1.165) is 18.8 Å². The second-order valence-corrected chi connectivity index (χ2v) is 6.22. The Balaban J connectivity index is 2.11. The second kappa shape index (κ2) is 5.93. The highest BCUT2D eigenvalue weighted by molar-refractivity contribution is 5.43. The van der Waals surface area contributed by atoms with Gasteiger partial charge in [-0.25, -0.2) is 4.68 Å². The van der Waals surface area contributed by atoms with Crippen LogP contribution in [0.2, 0.25) is 0 Å². The SMILES string of the molecule is CC(C)(C)C(O)Cn1ncc(N2CCOCC2)cc1=O. The molecule has 112 valence electrons. The lowest BCUT2D eigenvalue weighted by Crippen LogP contribution is -2.39. The molecule has 2 rings (SSSR count). The number of hydrogen-bond donors (Lipinski definition) is 1. The Kier molecular flexibility index (Phi) is 4.45. The zero-order valence-electron chi connectivity index (χ0n) is 12.4. The fraction of sp³-hybridized carbons (Fsp3) is 0.714. The van der Waals surface area contributed by atoms with Crippen LogP contribution in [-0.2, 0) is 11.3 Å². The van der Waals surface area contributed by atoms with E-state index in [0.29, 0.717) is 13.2 Å². The molecule has 1 fully saturated rings. The standard InChI is InChI=1S/C14H23N3O3/c1-14(2,3)12(18)10-17-13(19)8-11(9-15-17)16-4-6-20-7-5-16/h8-9,12,18H,4-7,10H2,1-3H3. The lowest BCUT2D eigenvalue weighted by molar-refractivity contribution is 0.0438. The maximum Gasteiger partial charge on any atom is 0.268 e. The molecule has 20 heavy (non-hydrogen) atoms. The van der Waals surface area contributed by atoms with E-state index >= 15 is 0 Å². The fourth-order valence-electron chi connectivity index (χ4n) is 1.99. The highest BCUT2D eigenvalue weighted by atomic mass is 16.5. The summed E-state index contributed by atoms with van der Waals surface area (Å²) in [6.45, 7) is 8.91. The number of ether oxygens (including phenoxy) is 1. The van der Waals surface area contributed by atoms with Crippen molar-refractivity contribution in [3.05, 3.63) is 22.6 Å². The van der Waals surface area contributed by atoms with Crippen LogP contribution in [0.4, 0.5) is 5.69 Å². The van der Waals surface area contributed by atoms with Gasteiger partial charge in [0, 0.05) is 19.2 Å². The van der Waals surface area contributed by atoms with Gasteiger partial charge in [-0.2, -0.15) is 5.10 Å². The van der Waals surface area contributed by atoms with Crippen molar-refractivity contribution in [2.24, 2.45) is 5.41 Å². The molecule has 1 N–H and O–H groups in total. The van der Waals surface area contributed by atoms with Gasteiger partial charge in [0.25, 0.3) is 5.56 Å². The number of hydrogen-bond acceptors (Lipinski definition) is 5. The molecule has 0 saturated carbocycles. The van der Waals surface area contributed by atoms with E-state index in [-0.39, 0.29) is 17.5 Å². The Morgan fingerprint density at radius 1 is 1.40 bits per heavy atom. The molecule has 0 spiro atoms. The van der Waals surface area contributed by atoms with Gasteiger partial charge >= 0.3 is 0 Å². The van der Waals surface area contributed by atoms with Crippen molar-refractivity contribution in [3.63, 3.8) is 0 Å². The van der Waals surface area contributed by atoms with E-state index < -0.39 is 6.10 Å². The first kappa shape index (κ1) is 15.0. The Bertz CT molecular complexity index is 501. The molecule has 2 heterocycles. The average molecular weight is 281 g/mol. The third-order valence-electron chi connectivity index (χ3n) is 3.58. The minimum atomic E-state index is -0.609. The molecule has 0 aliphatic carbocycles. The number of aliphatic hydroxyl groups excluding tert-OH is 1. The topological polar surface area (TPSA) is 67.6 Å². The summed E-state index contributed by atoms with van der Waals surface area (Å²) in [6, 6.07) is 1.58. The van der Waals surface area contributed by atoms with Crippen molar-refractivity contribution in [1.82, 2.24) is 9.78 Å². The summed E-state index contributed by atoms with van der Waals surface area (Å²) in [5.74, 6) is 0. The normalized spacial score (nSPS) is 18.1. The van der Waals surface area contributed by atoms with E-state index in [2.05, 4.69) is 10.00 Å². The third kappa shape index (κ3) is 3.58. The van der Waals surface area contributed by atoms with Crippen LogP contribution < -0.4 is 10.5 Å². The molecule has 0 radical (unpaired) electrons. The van der Waals surface area contributed by atoms with Crippen LogP contribution in [0.15, 0.2) is 17.1 Å². The van der Waals surface area contributed by atoms with Crippen LogP contribution in [0.3, 0.4) is 0 Å². The molecular formula is C14H23N3O3. The average Bonchev–Trinajstić information content (AvgIpc) is 2.41. The molecule has 1 aliphatic rings. The Hall–Kier alpha value is -1.40. The summed E-state index contributed by atoms with van der Waals surface area (Å²) in [4.78, 5) is 14.2. The maximum atomic E-state index is 12.1. The molecular weight excluding hydrogens is 258 g/mol. The van der Waals surface area contributed by atoms with Crippen LogP contribution in [0, 0.1) is 5.41 Å². The van der Waals surface area contributed by atoms with E-state index in [1.165, 1.54) is 4.68 Å². The summed E-state index contributed by atoms with van der Waals surface area (Å²) >= 11 is 0. The van der Waals surface area contributed by atoms with Crippen molar-refractivity contribution in [2.75, 3.05) is 31.2 Å². The second-order valence-electron chi connectivity index (χ2n) is 6.22. The molecule has 0 amide bonds. The monoisotopic (exact) mass is 281 g/mol. The summed E-state index contributed by atoms with van der Waals surface area (Å²) in [6.07, 6.45) is 1.07. The maximum absolute atomic E-state index is 12.1. The Labute approximate surface area is 119 Å². The summed E-state index contributed by atoms with van der Waals surface area (Å²) in [7, 11) is 0. The quantitative estimate of drug-likeness (QED) is 0.873. The Morgan fingerprint density at radius 2 is 2.05 bits per heavy atom. The molecule has 1 atom stereocenters. The Morgan fingerprint density at radius 3 is 2.60 bits per heavy atom. The van der Waals surface area contributed by atoms with Gasteiger partial charge in [-0.1, -0.05) is 20.8 Å².